The van der Waals surface area contributed by atoms with E-state index in [9.17, 15) is 14.4 Å². The summed E-state index contributed by atoms with van der Waals surface area (Å²) in [5.41, 5.74) is 0.621. The molecule has 2 aliphatic rings. The fourth-order valence-corrected chi connectivity index (χ4v) is 5.04. The normalized spacial score (nSPS) is 16.2. The van der Waals surface area contributed by atoms with Crippen molar-refractivity contribution in [2.75, 3.05) is 33.9 Å². The van der Waals surface area contributed by atoms with Crippen molar-refractivity contribution >= 4 is 11.8 Å². The lowest BCUT2D eigenvalue weighted by atomic mass is 9.95. The molecule has 188 valence electrons. The predicted molar refractivity (Wildman–Crippen MR) is 134 cm³/mol. The molecule has 0 unspecified atom stereocenters. The molecular weight excluding hydrogens is 446 g/mol. The molecule has 0 bridgehead atoms. The number of carbonyl (C=O) groups is 2. The van der Waals surface area contributed by atoms with Crippen molar-refractivity contribution in [3.8, 4) is 11.5 Å². The summed E-state index contributed by atoms with van der Waals surface area (Å²) < 4.78 is 12.6. The molecule has 35 heavy (non-hydrogen) atoms. The summed E-state index contributed by atoms with van der Waals surface area (Å²) in [5, 5.41) is 2.87. The van der Waals surface area contributed by atoms with Crippen LogP contribution in [0.25, 0.3) is 0 Å². The van der Waals surface area contributed by atoms with Crippen molar-refractivity contribution in [3.63, 3.8) is 0 Å². The second kappa shape index (κ2) is 11.4. The number of rotatable bonds is 8. The Kier molecular flexibility index (Phi) is 8.10. The van der Waals surface area contributed by atoms with E-state index in [0.29, 0.717) is 37.6 Å². The SMILES string of the molecule is COc1ccc(CCNC(=O)c2cn(C3CCCCC3)cc(C(=O)N3CCCC3)c2=O)cc1OC. The van der Waals surface area contributed by atoms with Crippen LogP contribution >= 0.6 is 0 Å². The van der Waals surface area contributed by atoms with Crippen molar-refractivity contribution in [3.05, 3.63) is 57.5 Å². The minimum absolute atomic E-state index is 0.0351. The highest BCUT2D eigenvalue weighted by atomic mass is 16.5. The fourth-order valence-electron chi connectivity index (χ4n) is 5.04. The summed E-state index contributed by atoms with van der Waals surface area (Å²) in [7, 11) is 3.16. The number of hydrogen-bond donors (Lipinski definition) is 1. The quantitative estimate of drug-likeness (QED) is 0.623. The molecule has 1 saturated carbocycles. The summed E-state index contributed by atoms with van der Waals surface area (Å²) in [4.78, 5) is 41.3. The molecule has 8 nitrogen and oxygen atoms in total. The molecule has 2 fully saturated rings. The molecule has 0 atom stereocenters. The summed E-state index contributed by atoms with van der Waals surface area (Å²) in [6, 6.07) is 5.81. The van der Waals surface area contributed by atoms with Crippen LogP contribution < -0.4 is 20.2 Å². The maximum atomic E-state index is 13.3. The Morgan fingerprint density at radius 1 is 0.943 bits per heavy atom. The van der Waals surface area contributed by atoms with Gasteiger partial charge in [0.15, 0.2) is 11.5 Å². The third kappa shape index (κ3) is 5.69. The molecule has 1 aromatic carbocycles. The number of nitrogens with zero attached hydrogens (tertiary/aromatic N) is 2. The second-order valence-electron chi connectivity index (χ2n) is 9.35. The number of carbonyl (C=O) groups excluding carboxylic acids is 2. The minimum atomic E-state index is -0.488. The van der Waals surface area contributed by atoms with Crippen LogP contribution in [0.15, 0.2) is 35.4 Å². The zero-order valence-corrected chi connectivity index (χ0v) is 20.7. The van der Waals surface area contributed by atoms with Gasteiger partial charge in [0.1, 0.15) is 11.1 Å². The topological polar surface area (TPSA) is 89.9 Å². The molecule has 0 radical (unpaired) electrons. The maximum Gasteiger partial charge on any atom is 0.259 e. The molecule has 1 N–H and O–H groups in total. The lowest BCUT2D eigenvalue weighted by molar-refractivity contribution is 0.0790. The number of likely N-dealkylation sites (tertiary alicyclic amines) is 1. The third-order valence-electron chi connectivity index (χ3n) is 7.06. The molecular formula is C27H35N3O5. The van der Waals surface area contributed by atoms with E-state index in [1.807, 2.05) is 22.8 Å². The van der Waals surface area contributed by atoms with E-state index < -0.39 is 11.3 Å². The lowest BCUT2D eigenvalue weighted by Gasteiger charge is -2.26. The minimum Gasteiger partial charge on any atom is -0.493 e. The Morgan fingerprint density at radius 3 is 2.31 bits per heavy atom. The average Bonchev–Trinajstić information content (AvgIpc) is 3.44. The first kappa shape index (κ1) is 24.8. The van der Waals surface area contributed by atoms with Crippen molar-refractivity contribution in [2.24, 2.45) is 0 Å². The van der Waals surface area contributed by atoms with Gasteiger partial charge in [0, 0.05) is 38.1 Å². The average molecular weight is 482 g/mol. The van der Waals surface area contributed by atoms with Crippen LogP contribution in [0.2, 0.25) is 0 Å². The van der Waals surface area contributed by atoms with Crippen molar-refractivity contribution in [1.82, 2.24) is 14.8 Å². The van der Waals surface area contributed by atoms with Gasteiger partial charge in [-0.25, -0.2) is 0 Å². The van der Waals surface area contributed by atoms with E-state index in [4.69, 9.17) is 9.47 Å². The van der Waals surface area contributed by atoms with Gasteiger partial charge in [-0.3, -0.25) is 14.4 Å². The molecule has 4 rings (SSSR count). The molecule has 1 aromatic heterocycles. The number of ether oxygens (including phenoxy) is 2. The zero-order valence-electron chi connectivity index (χ0n) is 20.7. The van der Waals surface area contributed by atoms with Gasteiger partial charge in [-0.1, -0.05) is 25.3 Å². The van der Waals surface area contributed by atoms with Crippen LogP contribution in [0.3, 0.4) is 0 Å². The highest BCUT2D eigenvalue weighted by Gasteiger charge is 2.27. The van der Waals surface area contributed by atoms with Crippen molar-refractivity contribution in [2.45, 2.75) is 57.4 Å². The van der Waals surface area contributed by atoms with Gasteiger partial charge in [-0.15, -0.1) is 0 Å². The zero-order chi connectivity index (χ0) is 24.8. The van der Waals surface area contributed by atoms with E-state index in [1.54, 1.807) is 31.5 Å². The molecule has 0 spiro atoms. The Hall–Kier alpha value is -3.29. The van der Waals surface area contributed by atoms with Crippen molar-refractivity contribution < 1.29 is 19.1 Å². The number of nitrogens with one attached hydrogen (secondary N) is 1. The molecule has 2 aromatic rings. The Morgan fingerprint density at radius 2 is 1.63 bits per heavy atom. The van der Waals surface area contributed by atoms with Crippen LogP contribution in [-0.2, 0) is 6.42 Å². The lowest BCUT2D eigenvalue weighted by Crippen LogP contribution is -2.37. The summed E-state index contributed by atoms with van der Waals surface area (Å²) in [6.07, 6.45) is 11.2. The first-order valence-electron chi connectivity index (χ1n) is 12.6. The number of amides is 2. The first-order chi connectivity index (χ1) is 17.0. The van der Waals surface area contributed by atoms with Crippen LogP contribution in [-0.4, -0.2) is 55.1 Å². The fraction of sp³-hybridized carbons (Fsp3) is 0.519. The van der Waals surface area contributed by atoms with E-state index in [-0.39, 0.29) is 23.1 Å². The second-order valence-corrected chi connectivity index (χ2v) is 9.35. The van der Waals surface area contributed by atoms with Gasteiger partial charge in [0.25, 0.3) is 11.8 Å². The molecule has 1 aliphatic carbocycles. The van der Waals surface area contributed by atoms with Crippen LogP contribution in [0.4, 0.5) is 0 Å². The third-order valence-corrected chi connectivity index (χ3v) is 7.06. The Labute approximate surface area is 206 Å². The molecule has 1 saturated heterocycles. The van der Waals surface area contributed by atoms with E-state index in [2.05, 4.69) is 5.32 Å². The number of hydrogen-bond acceptors (Lipinski definition) is 5. The standard InChI is InChI=1S/C27H35N3O5/c1-34-23-11-10-19(16-24(23)35-2)12-13-28-26(32)21-17-30(20-8-4-3-5-9-20)18-22(25(21)31)27(33)29-14-6-7-15-29/h10-11,16-18,20H,3-9,12-15H2,1-2H3,(H,28,32). The van der Waals surface area contributed by atoms with Gasteiger partial charge in [0.05, 0.1) is 14.2 Å². The maximum absolute atomic E-state index is 13.3. The number of pyridine rings is 1. The molecule has 8 heteroatoms. The number of benzene rings is 1. The summed E-state index contributed by atoms with van der Waals surface area (Å²) in [5.74, 6) is 0.552. The van der Waals surface area contributed by atoms with Gasteiger partial charge in [-0.05, 0) is 49.8 Å². The highest BCUT2D eigenvalue weighted by molar-refractivity contribution is 5.99. The predicted octanol–water partition coefficient (Wildman–Crippen LogP) is 3.58. The summed E-state index contributed by atoms with van der Waals surface area (Å²) in [6.45, 7) is 1.66. The smallest absolute Gasteiger partial charge is 0.259 e. The largest absolute Gasteiger partial charge is 0.493 e. The number of aromatic nitrogens is 1. The van der Waals surface area contributed by atoms with E-state index in [0.717, 1.165) is 44.1 Å². The van der Waals surface area contributed by atoms with Crippen LogP contribution in [0.1, 0.15) is 77.3 Å². The number of methoxy groups -OCH3 is 2. The van der Waals surface area contributed by atoms with Gasteiger partial charge >= 0.3 is 0 Å². The van der Waals surface area contributed by atoms with Crippen molar-refractivity contribution in [1.29, 1.82) is 0 Å². The van der Waals surface area contributed by atoms with Crippen LogP contribution in [0, 0.1) is 0 Å². The van der Waals surface area contributed by atoms with E-state index in [1.165, 1.54) is 6.42 Å². The van der Waals surface area contributed by atoms with Gasteiger partial charge in [0.2, 0.25) is 5.43 Å². The van der Waals surface area contributed by atoms with Gasteiger partial charge < -0.3 is 24.3 Å². The first-order valence-corrected chi connectivity index (χ1v) is 12.6. The molecule has 2 heterocycles. The van der Waals surface area contributed by atoms with Gasteiger partial charge in [-0.2, -0.15) is 0 Å². The molecule has 1 aliphatic heterocycles. The summed E-state index contributed by atoms with van der Waals surface area (Å²) >= 11 is 0. The Balaban J connectivity index is 1.54. The monoisotopic (exact) mass is 481 g/mol. The van der Waals surface area contributed by atoms with Crippen LogP contribution in [0.5, 0.6) is 11.5 Å². The van der Waals surface area contributed by atoms with E-state index >= 15 is 0 Å². The highest BCUT2D eigenvalue weighted by Crippen LogP contribution is 2.29. The Bertz CT molecular complexity index is 1110. The molecule has 2 amide bonds.